The van der Waals surface area contributed by atoms with Gasteiger partial charge in [-0.25, -0.2) is 0 Å². The normalized spacial score (nSPS) is 12.6. The molecule has 0 radical (unpaired) electrons. The lowest BCUT2D eigenvalue weighted by atomic mass is 10.0. The van der Waals surface area contributed by atoms with Gasteiger partial charge in [-0.1, -0.05) is 305 Å². The van der Waals surface area contributed by atoms with Crippen molar-refractivity contribution in [3.05, 3.63) is 85.1 Å². The molecule has 0 aromatic carbocycles. The summed E-state index contributed by atoms with van der Waals surface area (Å²) in [7, 11) is 0. The molecule has 6 heteroatoms. The molecule has 0 heterocycles. The van der Waals surface area contributed by atoms with E-state index in [0.717, 1.165) is 103 Å². The van der Waals surface area contributed by atoms with Crippen molar-refractivity contribution in [3.63, 3.8) is 0 Å². The molecule has 0 bridgehead atoms. The molecule has 80 heavy (non-hydrogen) atoms. The van der Waals surface area contributed by atoms with Gasteiger partial charge in [0.05, 0.1) is 0 Å². The van der Waals surface area contributed by atoms with Gasteiger partial charge in [-0.05, 0) is 109 Å². The number of hydrogen-bond acceptors (Lipinski definition) is 6. The van der Waals surface area contributed by atoms with Crippen LogP contribution in [0.2, 0.25) is 0 Å². The maximum Gasteiger partial charge on any atom is 0.306 e. The summed E-state index contributed by atoms with van der Waals surface area (Å²) in [4.78, 5) is 38.3. The lowest BCUT2D eigenvalue weighted by Crippen LogP contribution is -2.30. The fourth-order valence-electron chi connectivity index (χ4n) is 9.94. The molecule has 1 atom stereocenters. The Balaban J connectivity index is 4.18. The molecule has 0 amide bonds. The number of esters is 3. The largest absolute Gasteiger partial charge is 0.462 e. The SMILES string of the molecule is CC/C=C\C/C=C\C/C=C\C/C=C\C/C=C\CCCCCCCCCCCCCCCC(=O)OCC(COC(=O)CCCCCCC/C=C\CCC)OC(=O)CCCCCCCCCCCCC/C=C\CCCCCCCCCC. The molecule has 462 valence electrons. The minimum atomic E-state index is -0.780. The Labute approximate surface area is 496 Å². The average Bonchev–Trinajstić information content (AvgIpc) is 3.46. The van der Waals surface area contributed by atoms with E-state index in [4.69, 9.17) is 14.2 Å². The third kappa shape index (κ3) is 65.4. The first kappa shape index (κ1) is 76.6. The van der Waals surface area contributed by atoms with E-state index < -0.39 is 6.10 Å². The van der Waals surface area contributed by atoms with Crippen molar-refractivity contribution in [1.29, 1.82) is 0 Å². The molecule has 0 saturated carbocycles. The summed E-state index contributed by atoms with van der Waals surface area (Å²) >= 11 is 0. The summed E-state index contributed by atoms with van der Waals surface area (Å²) < 4.78 is 16.9. The van der Waals surface area contributed by atoms with E-state index >= 15 is 0 Å². The maximum absolute atomic E-state index is 12.9. The third-order valence-corrected chi connectivity index (χ3v) is 15.1. The molecular formula is C74H130O6. The molecule has 0 fully saturated rings. The fourth-order valence-corrected chi connectivity index (χ4v) is 9.94. The van der Waals surface area contributed by atoms with Gasteiger partial charge in [0.1, 0.15) is 13.2 Å². The Hall–Kier alpha value is -3.41. The van der Waals surface area contributed by atoms with Gasteiger partial charge in [-0.15, -0.1) is 0 Å². The first-order chi connectivity index (χ1) is 39.5. The summed E-state index contributed by atoms with van der Waals surface area (Å²) in [5.41, 5.74) is 0. The van der Waals surface area contributed by atoms with Crippen LogP contribution in [0.3, 0.4) is 0 Å². The highest BCUT2D eigenvalue weighted by atomic mass is 16.6. The summed E-state index contributed by atoms with van der Waals surface area (Å²) in [6, 6.07) is 0. The predicted octanol–water partition coefficient (Wildman–Crippen LogP) is 23.8. The van der Waals surface area contributed by atoms with Crippen LogP contribution in [0.25, 0.3) is 0 Å². The Morgan fingerprint density at radius 1 is 0.263 bits per heavy atom. The third-order valence-electron chi connectivity index (χ3n) is 15.1. The van der Waals surface area contributed by atoms with Gasteiger partial charge in [-0.3, -0.25) is 14.4 Å². The Morgan fingerprint density at radius 2 is 0.512 bits per heavy atom. The topological polar surface area (TPSA) is 78.9 Å². The molecule has 0 N–H and O–H groups in total. The molecule has 0 spiro atoms. The molecule has 0 aliphatic carbocycles. The smallest absolute Gasteiger partial charge is 0.306 e. The zero-order valence-electron chi connectivity index (χ0n) is 53.1. The van der Waals surface area contributed by atoms with Crippen LogP contribution in [0.1, 0.15) is 348 Å². The van der Waals surface area contributed by atoms with Gasteiger partial charge in [0.25, 0.3) is 0 Å². The van der Waals surface area contributed by atoms with Gasteiger partial charge >= 0.3 is 17.9 Å². The monoisotopic (exact) mass is 1110 g/mol. The summed E-state index contributed by atoms with van der Waals surface area (Å²) in [5, 5.41) is 0. The number of ether oxygens (including phenoxy) is 3. The van der Waals surface area contributed by atoms with E-state index in [1.165, 1.54) is 205 Å². The van der Waals surface area contributed by atoms with Gasteiger partial charge in [0.2, 0.25) is 0 Å². The quantitative estimate of drug-likeness (QED) is 0.0261. The van der Waals surface area contributed by atoms with Crippen molar-refractivity contribution in [3.8, 4) is 0 Å². The average molecular weight is 1120 g/mol. The number of carbonyl (C=O) groups is 3. The van der Waals surface area contributed by atoms with Crippen molar-refractivity contribution < 1.29 is 28.6 Å². The van der Waals surface area contributed by atoms with Crippen molar-refractivity contribution in [2.45, 2.75) is 354 Å². The second kappa shape index (κ2) is 68.1. The van der Waals surface area contributed by atoms with Gasteiger partial charge in [0, 0.05) is 19.3 Å². The molecule has 0 saturated heterocycles. The molecular weight excluding hydrogens is 985 g/mol. The van der Waals surface area contributed by atoms with E-state index in [1.807, 2.05) is 0 Å². The Morgan fingerprint density at radius 3 is 0.825 bits per heavy atom. The van der Waals surface area contributed by atoms with Crippen molar-refractivity contribution in [2.75, 3.05) is 13.2 Å². The summed E-state index contributed by atoms with van der Waals surface area (Å²) in [6.45, 7) is 6.50. The molecule has 0 aliphatic heterocycles. The van der Waals surface area contributed by atoms with Gasteiger partial charge in [0.15, 0.2) is 6.10 Å². The van der Waals surface area contributed by atoms with E-state index in [2.05, 4.69) is 106 Å². The van der Waals surface area contributed by atoms with Crippen LogP contribution in [0.4, 0.5) is 0 Å². The van der Waals surface area contributed by atoms with Crippen LogP contribution in [-0.2, 0) is 28.6 Å². The lowest BCUT2D eigenvalue weighted by molar-refractivity contribution is -0.167. The van der Waals surface area contributed by atoms with Crippen LogP contribution in [-0.4, -0.2) is 37.2 Å². The minimum Gasteiger partial charge on any atom is -0.462 e. The molecule has 0 rings (SSSR count). The van der Waals surface area contributed by atoms with Crippen molar-refractivity contribution in [2.24, 2.45) is 0 Å². The lowest BCUT2D eigenvalue weighted by Gasteiger charge is -2.18. The van der Waals surface area contributed by atoms with E-state index in [9.17, 15) is 14.4 Å². The molecule has 1 unspecified atom stereocenters. The number of unbranched alkanes of at least 4 members (excludes halogenated alkanes) is 38. The van der Waals surface area contributed by atoms with Crippen LogP contribution in [0, 0.1) is 0 Å². The standard InChI is InChI=1S/C74H130O6/c1-4-7-10-13-16-19-22-24-26-28-30-32-34-35-36-37-38-39-41-42-44-46-48-50-52-55-58-61-64-67-73(76)79-70-71(69-78-72(75)66-63-60-57-54-21-18-15-12-9-6-3)80-74(77)68-65-62-59-56-53-51-49-47-45-43-40-33-31-29-27-25-23-20-17-14-11-8-5-2/h7,10,12,15-16,19,24,26,29-32,35-36,71H,4-6,8-9,11,13-14,17-18,20-23,25,27-28,33-34,37-70H2,1-3H3/b10-7-,15-12-,19-16-,26-24-,31-29-,32-30-,36-35-. The summed E-state index contributed by atoms with van der Waals surface area (Å²) in [6.07, 6.45) is 90.5. The van der Waals surface area contributed by atoms with Crippen LogP contribution in [0.15, 0.2) is 85.1 Å². The molecule has 0 aliphatic rings. The van der Waals surface area contributed by atoms with Crippen molar-refractivity contribution >= 4 is 17.9 Å². The molecule has 0 aromatic rings. The van der Waals surface area contributed by atoms with Crippen molar-refractivity contribution in [1.82, 2.24) is 0 Å². The first-order valence-electron chi connectivity index (χ1n) is 34.6. The fraction of sp³-hybridized carbons (Fsp3) is 0.770. The maximum atomic E-state index is 12.9. The number of allylic oxidation sites excluding steroid dienone is 14. The first-order valence-corrected chi connectivity index (χ1v) is 34.6. The van der Waals surface area contributed by atoms with Crippen LogP contribution >= 0.6 is 0 Å². The van der Waals surface area contributed by atoms with E-state index in [-0.39, 0.29) is 31.1 Å². The highest BCUT2D eigenvalue weighted by Gasteiger charge is 2.19. The highest BCUT2D eigenvalue weighted by molar-refractivity contribution is 5.71. The summed E-state index contributed by atoms with van der Waals surface area (Å²) in [5.74, 6) is -0.874. The molecule has 6 nitrogen and oxygen atoms in total. The van der Waals surface area contributed by atoms with Crippen LogP contribution < -0.4 is 0 Å². The van der Waals surface area contributed by atoms with Crippen LogP contribution in [0.5, 0.6) is 0 Å². The number of carbonyl (C=O) groups excluding carboxylic acids is 3. The minimum absolute atomic E-state index is 0.0773. The number of hydrogen-bond donors (Lipinski definition) is 0. The zero-order valence-corrected chi connectivity index (χ0v) is 53.1. The zero-order chi connectivity index (χ0) is 57.8. The highest BCUT2D eigenvalue weighted by Crippen LogP contribution is 2.17. The number of rotatable bonds is 63. The second-order valence-corrected chi connectivity index (χ2v) is 23.1. The van der Waals surface area contributed by atoms with Gasteiger partial charge in [-0.2, -0.15) is 0 Å². The van der Waals surface area contributed by atoms with E-state index in [0.29, 0.717) is 19.3 Å². The predicted molar refractivity (Wildman–Crippen MR) is 348 cm³/mol. The molecule has 0 aromatic heterocycles. The Bertz CT molecular complexity index is 1520. The Kier molecular flexibility index (Phi) is 65.2. The van der Waals surface area contributed by atoms with Gasteiger partial charge < -0.3 is 14.2 Å². The van der Waals surface area contributed by atoms with E-state index in [1.54, 1.807) is 0 Å². The second-order valence-electron chi connectivity index (χ2n) is 23.1.